The summed E-state index contributed by atoms with van der Waals surface area (Å²) in [6, 6.07) is 6.34. The Morgan fingerprint density at radius 1 is 1.50 bits per heavy atom. The van der Waals surface area contributed by atoms with Gasteiger partial charge < -0.3 is 5.32 Å². The van der Waals surface area contributed by atoms with Crippen molar-refractivity contribution in [3.8, 4) is 6.07 Å². The number of hydrogen-bond donors (Lipinski definition) is 1. The molecule has 3 nitrogen and oxygen atoms in total. The molecule has 0 radical (unpaired) electrons. The van der Waals surface area contributed by atoms with E-state index in [1.54, 1.807) is 0 Å². The van der Waals surface area contributed by atoms with Gasteiger partial charge in [-0.05, 0) is 19.1 Å². The van der Waals surface area contributed by atoms with Crippen LogP contribution in [-0.2, 0) is 0 Å². The van der Waals surface area contributed by atoms with Crippen LogP contribution in [-0.4, -0.2) is 11.9 Å². The van der Waals surface area contributed by atoms with Crippen molar-refractivity contribution in [2.75, 3.05) is 0 Å². The first-order valence-electron chi connectivity index (χ1n) is 4.63. The number of nitrogens with one attached hydrogen (secondary N) is 1. The smallest absolute Gasteiger partial charge is 0.263 e. The highest BCUT2D eigenvalue weighted by Gasteiger charge is 2.12. The molecule has 5 heteroatoms. The zero-order chi connectivity index (χ0) is 12.1. The van der Waals surface area contributed by atoms with Crippen molar-refractivity contribution < 1.29 is 13.6 Å². The molecule has 1 N–H and O–H groups in total. The van der Waals surface area contributed by atoms with Crippen molar-refractivity contribution >= 4 is 5.91 Å². The predicted molar refractivity (Wildman–Crippen MR) is 53.9 cm³/mol. The number of carbonyl (C=O) groups is 1. The van der Waals surface area contributed by atoms with Crippen LogP contribution in [0, 0.1) is 11.3 Å². The van der Waals surface area contributed by atoms with Crippen LogP contribution in [0.1, 0.15) is 29.3 Å². The van der Waals surface area contributed by atoms with E-state index in [1.165, 1.54) is 25.1 Å². The fourth-order valence-electron chi connectivity index (χ4n) is 1.13. The third-order valence-corrected chi connectivity index (χ3v) is 1.94. The Morgan fingerprint density at radius 2 is 2.19 bits per heavy atom. The van der Waals surface area contributed by atoms with Crippen molar-refractivity contribution in [2.24, 2.45) is 0 Å². The van der Waals surface area contributed by atoms with Crippen molar-refractivity contribution in [1.82, 2.24) is 5.32 Å². The third kappa shape index (κ3) is 3.02. The number of nitriles is 1. The molecule has 1 aromatic rings. The quantitative estimate of drug-likeness (QED) is 0.856. The van der Waals surface area contributed by atoms with Gasteiger partial charge in [0.15, 0.2) is 0 Å². The Balaban J connectivity index is 2.84. The lowest BCUT2D eigenvalue weighted by molar-refractivity contribution is 0.0947. The topological polar surface area (TPSA) is 52.9 Å². The fraction of sp³-hybridized carbons (Fsp3) is 0.273. The molecule has 84 valence electrons. The Hall–Kier alpha value is -1.96. The van der Waals surface area contributed by atoms with Crippen LogP contribution in [0.4, 0.5) is 8.78 Å². The lowest BCUT2D eigenvalue weighted by Crippen LogP contribution is -2.31. The lowest BCUT2D eigenvalue weighted by Gasteiger charge is -2.07. The number of alkyl halides is 2. The minimum atomic E-state index is -2.61. The summed E-state index contributed by atoms with van der Waals surface area (Å²) in [6.07, 6.45) is -2.61. The highest BCUT2D eigenvalue weighted by atomic mass is 19.3. The summed E-state index contributed by atoms with van der Waals surface area (Å²) in [7, 11) is 0. The monoisotopic (exact) mass is 224 g/mol. The van der Waals surface area contributed by atoms with Gasteiger partial charge in [-0.2, -0.15) is 5.26 Å². The first-order valence-corrected chi connectivity index (χ1v) is 4.63. The molecule has 0 spiro atoms. The number of nitrogens with zero attached hydrogens (tertiary/aromatic N) is 1. The molecule has 0 aromatic heterocycles. The van der Waals surface area contributed by atoms with Crippen LogP contribution in [0.25, 0.3) is 0 Å². The highest BCUT2D eigenvalue weighted by molar-refractivity contribution is 5.94. The second-order valence-electron chi connectivity index (χ2n) is 3.25. The van der Waals surface area contributed by atoms with Crippen molar-refractivity contribution in [2.45, 2.75) is 19.4 Å². The van der Waals surface area contributed by atoms with Crippen molar-refractivity contribution in [3.63, 3.8) is 0 Å². The zero-order valence-electron chi connectivity index (χ0n) is 8.58. The standard InChI is InChI=1S/C11H10F2N2O/c1-7(6-14)15-11(16)9-4-2-3-8(5-9)10(12)13/h2-5,7,10H,1H3,(H,15,16)/t7-/m0/s1. The summed E-state index contributed by atoms with van der Waals surface area (Å²) in [5.74, 6) is -0.531. The molecule has 1 aromatic carbocycles. The first-order chi connectivity index (χ1) is 7.54. The molecule has 0 aliphatic heterocycles. The van der Waals surface area contributed by atoms with E-state index in [2.05, 4.69) is 5.32 Å². The maximum absolute atomic E-state index is 12.4. The normalized spacial score (nSPS) is 11.9. The molecule has 0 aliphatic rings. The highest BCUT2D eigenvalue weighted by Crippen LogP contribution is 2.19. The lowest BCUT2D eigenvalue weighted by atomic mass is 10.1. The maximum Gasteiger partial charge on any atom is 0.263 e. The minimum Gasteiger partial charge on any atom is -0.337 e. The number of halogens is 2. The van der Waals surface area contributed by atoms with Gasteiger partial charge in [-0.15, -0.1) is 0 Å². The number of carbonyl (C=O) groups excluding carboxylic acids is 1. The average molecular weight is 224 g/mol. The fourth-order valence-corrected chi connectivity index (χ4v) is 1.13. The second-order valence-corrected chi connectivity index (χ2v) is 3.25. The van der Waals surface area contributed by atoms with E-state index >= 15 is 0 Å². The summed E-state index contributed by atoms with van der Waals surface area (Å²) < 4.78 is 24.7. The second kappa shape index (κ2) is 5.21. The van der Waals surface area contributed by atoms with E-state index in [1.807, 2.05) is 6.07 Å². The summed E-state index contributed by atoms with van der Waals surface area (Å²) >= 11 is 0. The van der Waals surface area contributed by atoms with Crippen LogP contribution < -0.4 is 5.32 Å². The van der Waals surface area contributed by atoms with Crippen molar-refractivity contribution in [3.05, 3.63) is 35.4 Å². The number of benzene rings is 1. The van der Waals surface area contributed by atoms with E-state index in [4.69, 9.17) is 5.26 Å². The molecule has 1 atom stereocenters. The Labute approximate surface area is 91.7 Å². The van der Waals surface area contributed by atoms with Crippen LogP contribution in [0.5, 0.6) is 0 Å². The van der Waals surface area contributed by atoms with Crippen molar-refractivity contribution in [1.29, 1.82) is 5.26 Å². The van der Waals surface area contributed by atoms with E-state index in [0.29, 0.717) is 0 Å². The van der Waals surface area contributed by atoms with Gasteiger partial charge in [-0.1, -0.05) is 12.1 Å². The number of rotatable bonds is 3. The minimum absolute atomic E-state index is 0.125. The molecule has 16 heavy (non-hydrogen) atoms. The van der Waals surface area contributed by atoms with Gasteiger partial charge in [-0.25, -0.2) is 8.78 Å². The van der Waals surface area contributed by atoms with E-state index in [-0.39, 0.29) is 11.1 Å². The summed E-state index contributed by atoms with van der Waals surface area (Å²) in [6.45, 7) is 1.51. The van der Waals surface area contributed by atoms with Gasteiger partial charge >= 0.3 is 0 Å². The largest absolute Gasteiger partial charge is 0.337 e. The van der Waals surface area contributed by atoms with Gasteiger partial charge in [0.25, 0.3) is 12.3 Å². The summed E-state index contributed by atoms with van der Waals surface area (Å²) in [5, 5.41) is 10.9. The molecule has 1 amide bonds. The van der Waals surface area contributed by atoms with Crippen LogP contribution in [0.15, 0.2) is 24.3 Å². The predicted octanol–water partition coefficient (Wildman–Crippen LogP) is 2.27. The zero-order valence-corrected chi connectivity index (χ0v) is 8.58. The van der Waals surface area contributed by atoms with Crippen LogP contribution >= 0.6 is 0 Å². The Bertz CT molecular complexity index is 426. The average Bonchev–Trinajstić information content (AvgIpc) is 2.28. The van der Waals surface area contributed by atoms with E-state index in [0.717, 1.165) is 6.07 Å². The molecule has 0 fully saturated rings. The first kappa shape index (κ1) is 12.1. The van der Waals surface area contributed by atoms with Gasteiger partial charge in [0, 0.05) is 11.1 Å². The van der Waals surface area contributed by atoms with Gasteiger partial charge in [0.1, 0.15) is 6.04 Å². The van der Waals surface area contributed by atoms with Crippen LogP contribution in [0.3, 0.4) is 0 Å². The molecular formula is C11H10F2N2O. The Morgan fingerprint density at radius 3 is 2.75 bits per heavy atom. The number of hydrogen-bond acceptors (Lipinski definition) is 2. The van der Waals surface area contributed by atoms with Gasteiger partial charge in [0.05, 0.1) is 6.07 Å². The van der Waals surface area contributed by atoms with E-state index < -0.39 is 18.4 Å². The molecule has 0 unspecified atom stereocenters. The molecule has 1 rings (SSSR count). The molecule has 0 bridgehead atoms. The Kier molecular flexibility index (Phi) is 3.95. The SMILES string of the molecule is C[C@@H](C#N)NC(=O)c1cccc(C(F)F)c1. The van der Waals surface area contributed by atoms with Crippen LogP contribution in [0.2, 0.25) is 0 Å². The molecule has 0 saturated heterocycles. The van der Waals surface area contributed by atoms with Gasteiger partial charge in [0.2, 0.25) is 0 Å². The molecule has 0 aliphatic carbocycles. The maximum atomic E-state index is 12.4. The molecule has 0 heterocycles. The summed E-state index contributed by atoms with van der Waals surface area (Å²) in [4.78, 5) is 11.5. The third-order valence-electron chi connectivity index (χ3n) is 1.94. The molecule has 0 saturated carbocycles. The molecular weight excluding hydrogens is 214 g/mol. The van der Waals surface area contributed by atoms with E-state index in [9.17, 15) is 13.6 Å². The number of amides is 1. The summed E-state index contributed by atoms with van der Waals surface area (Å²) in [5.41, 5.74) is -0.0860. The van der Waals surface area contributed by atoms with Gasteiger partial charge in [-0.3, -0.25) is 4.79 Å².